The molecule has 1 aliphatic rings. The summed E-state index contributed by atoms with van der Waals surface area (Å²) in [6, 6.07) is 10.9. The third-order valence-electron chi connectivity index (χ3n) is 6.45. The molecule has 3 N–H and O–H groups in total. The van der Waals surface area contributed by atoms with Crippen molar-refractivity contribution in [2.75, 3.05) is 36.8 Å². The predicted octanol–water partition coefficient (Wildman–Crippen LogP) is 3.18. The number of nitriles is 1. The molecule has 0 unspecified atom stereocenters. The highest BCUT2D eigenvalue weighted by atomic mass is 19.4. The number of nitrogens with two attached hydrogens (primary N) is 1. The summed E-state index contributed by atoms with van der Waals surface area (Å²) in [6.45, 7) is 2.07. The molecule has 38 heavy (non-hydrogen) atoms. The Morgan fingerprint density at radius 1 is 1.08 bits per heavy atom. The summed E-state index contributed by atoms with van der Waals surface area (Å²) in [7, 11) is 1.52. The molecule has 1 saturated heterocycles. The number of nitrogens with zero attached hydrogens (tertiary/aromatic N) is 6. The van der Waals surface area contributed by atoms with Crippen LogP contribution >= 0.6 is 0 Å². The Kier molecular flexibility index (Phi) is 6.38. The van der Waals surface area contributed by atoms with E-state index in [0.717, 1.165) is 6.07 Å². The number of imidazole rings is 1. The molecule has 4 aromatic rings. The highest BCUT2D eigenvalue weighted by molar-refractivity contribution is 5.72. The van der Waals surface area contributed by atoms with Gasteiger partial charge in [-0.1, -0.05) is 0 Å². The number of benzene rings is 1. The first-order chi connectivity index (χ1) is 18.2. The fraction of sp³-hybridized carbons (Fsp3) is 0.231. The van der Waals surface area contributed by atoms with Crippen LogP contribution in [0.3, 0.4) is 0 Å². The molecule has 4 heterocycles. The van der Waals surface area contributed by atoms with E-state index < -0.39 is 17.4 Å². The van der Waals surface area contributed by atoms with E-state index in [1.807, 2.05) is 6.07 Å². The number of nitrogen functional groups attached to an aromatic ring is 1. The average Bonchev–Trinajstić information content (AvgIpc) is 3.22. The first-order valence-electron chi connectivity index (χ1n) is 11.8. The molecular weight excluding hydrogens is 497 g/mol. The van der Waals surface area contributed by atoms with Crippen LogP contribution in [0.4, 0.5) is 24.7 Å². The first-order valence-corrected chi connectivity index (χ1v) is 11.8. The SMILES string of the molecule is Cn1cc(-c2cc(-c3cnc(N)c(C#N)c3)ccn2)n(-c2ccc(N3CCNCC3)c(C(F)(F)F)c2)c1=O. The number of aromatic nitrogens is 4. The number of pyridine rings is 2. The van der Waals surface area contributed by atoms with Gasteiger partial charge in [-0.15, -0.1) is 0 Å². The van der Waals surface area contributed by atoms with E-state index in [0.29, 0.717) is 48.7 Å². The summed E-state index contributed by atoms with van der Waals surface area (Å²) in [4.78, 5) is 23.2. The van der Waals surface area contributed by atoms with Gasteiger partial charge in [0.25, 0.3) is 0 Å². The molecule has 0 bridgehead atoms. The minimum atomic E-state index is -4.62. The van der Waals surface area contributed by atoms with Crippen molar-refractivity contribution in [3.05, 3.63) is 76.6 Å². The van der Waals surface area contributed by atoms with Crippen LogP contribution in [0.5, 0.6) is 0 Å². The molecule has 0 atom stereocenters. The van der Waals surface area contributed by atoms with Crippen LogP contribution in [0.1, 0.15) is 11.1 Å². The first kappa shape index (κ1) is 25.0. The molecule has 5 rings (SSSR count). The van der Waals surface area contributed by atoms with E-state index in [4.69, 9.17) is 5.73 Å². The number of alkyl halides is 3. The molecule has 1 aromatic carbocycles. The van der Waals surface area contributed by atoms with Gasteiger partial charge in [0.2, 0.25) is 0 Å². The lowest BCUT2D eigenvalue weighted by atomic mass is 10.1. The second-order valence-corrected chi connectivity index (χ2v) is 8.88. The van der Waals surface area contributed by atoms with E-state index >= 15 is 0 Å². The Bertz CT molecular complexity index is 1610. The van der Waals surface area contributed by atoms with Gasteiger partial charge < -0.3 is 20.5 Å². The Morgan fingerprint density at radius 3 is 2.55 bits per heavy atom. The highest BCUT2D eigenvalue weighted by Crippen LogP contribution is 2.38. The number of halogens is 3. The lowest BCUT2D eigenvalue weighted by Gasteiger charge is -2.31. The Hall–Kier alpha value is -4.63. The van der Waals surface area contributed by atoms with E-state index in [9.17, 15) is 23.2 Å². The van der Waals surface area contributed by atoms with Crippen LogP contribution in [0.25, 0.3) is 28.2 Å². The van der Waals surface area contributed by atoms with E-state index in [1.165, 1.54) is 46.9 Å². The number of anilines is 2. The van der Waals surface area contributed by atoms with Crippen LogP contribution in [0, 0.1) is 11.3 Å². The van der Waals surface area contributed by atoms with Crippen molar-refractivity contribution in [2.24, 2.45) is 7.05 Å². The fourth-order valence-electron chi connectivity index (χ4n) is 4.53. The number of hydrogen-bond acceptors (Lipinski definition) is 7. The Labute approximate surface area is 215 Å². The van der Waals surface area contributed by atoms with Crippen molar-refractivity contribution in [1.29, 1.82) is 5.26 Å². The Balaban J connectivity index is 1.63. The fourth-order valence-corrected chi connectivity index (χ4v) is 4.53. The van der Waals surface area contributed by atoms with Crippen molar-refractivity contribution < 1.29 is 13.2 Å². The number of hydrogen-bond donors (Lipinski definition) is 2. The molecule has 0 radical (unpaired) electrons. The number of piperazine rings is 1. The van der Waals surface area contributed by atoms with Gasteiger partial charge in [0.05, 0.1) is 28.2 Å². The zero-order valence-corrected chi connectivity index (χ0v) is 20.3. The highest BCUT2D eigenvalue weighted by Gasteiger charge is 2.36. The van der Waals surface area contributed by atoms with Crippen molar-refractivity contribution in [3.63, 3.8) is 0 Å². The molecule has 1 aliphatic heterocycles. The van der Waals surface area contributed by atoms with Gasteiger partial charge in [-0.05, 0) is 42.0 Å². The third-order valence-corrected chi connectivity index (χ3v) is 6.45. The molecule has 0 amide bonds. The molecular formula is C26H23F3N8O. The zero-order valence-electron chi connectivity index (χ0n) is 20.3. The lowest BCUT2D eigenvalue weighted by molar-refractivity contribution is -0.137. The number of aryl methyl sites for hydroxylation is 1. The third kappa shape index (κ3) is 4.59. The van der Waals surface area contributed by atoms with Gasteiger partial charge in [0.1, 0.15) is 11.9 Å². The van der Waals surface area contributed by atoms with Crippen LogP contribution in [0.15, 0.2) is 59.8 Å². The van der Waals surface area contributed by atoms with Gasteiger partial charge in [-0.2, -0.15) is 18.4 Å². The molecule has 1 fully saturated rings. The normalized spacial score (nSPS) is 13.9. The molecule has 12 heteroatoms. The van der Waals surface area contributed by atoms with Crippen LogP contribution < -0.4 is 21.6 Å². The molecule has 194 valence electrons. The standard InChI is InChI=1S/C26H23F3N8O/c1-35-15-23(21-11-16(4-5-33-21)18-10-17(13-30)24(31)34-14-18)37(25(35)38)19-2-3-22(20(12-19)26(27,28)29)36-8-6-32-7-9-36/h2-5,10-12,14-15,32H,6-9H2,1H3,(H2,31,34). The maximum atomic E-state index is 14.2. The van der Waals surface area contributed by atoms with E-state index in [2.05, 4.69) is 15.3 Å². The molecule has 3 aromatic heterocycles. The van der Waals surface area contributed by atoms with Crippen LogP contribution in [-0.2, 0) is 13.2 Å². The van der Waals surface area contributed by atoms with E-state index in [-0.39, 0.29) is 22.8 Å². The zero-order chi connectivity index (χ0) is 27.0. The largest absolute Gasteiger partial charge is 0.418 e. The maximum Gasteiger partial charge on any atom is 0.418 e. The summed E-state index contributed by atoms with van der Waals surface area (Å²) in [5.74, 6) is 0.104. The summed E-state index contributed by atoms with van der Waals surface area (Å²) in [5.41, 5.74) is 6.68. The van der Waals surface area contributed by atoms with Crippen molar-refractivity contribution in [3.8, 4) is 34.3 Å². The smallest absolute Gasteiger partial charge is 0.383 e. The monoisotopic (exact) mass is 520 g/mol. The predicted molar refractivity (Wildman–Crippen MR) is 137 cm³/mol. The molecule has 0 spiro atoms. The quantitative estimate of drug-likeness (QED) is 0.424. The second-order valence-electron chi connectivity index (χ2n) is 8.88. The topological polar surface area (TPSA) is 118 Å². The van der Waals surface area contributed by atoms with E-state index in [1.54, 1.807) is 23.1 Å². The lowest BCUT2D eigenvalue weighted by Crippen LogP contribution is -2.44. The van der Waals surface area contributed by atoms with Gasteiger partial charge in [-0.3, -0.25) is 9.55 Å². The summed E-state index contributed by atoms with van der Waals surface area (Å²) >= 11 is 0. The molecule has 9 nitrogen and oxygen atoms in total. The van der Waals surface area contributed by atoms with Gasteiger partial charge in [0, 0.05) is 63.1 Å². The van der Waals surface area contributed by atoms with Crippen LogP contribution in [-0.4, -0.2) is 45.3 Å². The average molecular weight is 521 g/mol. The van der Waals surface area contributed by atoms with Crippen LogP contribution in [0.2, 0.25) is 0 Å². The summed E-state index contributed by atoms with van der Waals surface area (Å²) in [5, 5.41) is 12.4. The number of rotatable bonds is 4. The molecule has 0 saturated carbocycles. The summed E-state index contributed by atoms with van der Waals surface area (Å²) < 4.78 is 45.0. The van der Waals surface area contributed by atoms with Gasteiger partial charge in [-0.25, -0.2) is 9.78 Å². The summed E-state index contributed by atoms with van der Waals surface area (Å²) in [6.07, 6.45) is -0.0667. The maximum absolute atomic E-state index is 14.2. The number of nitrogens with one attached hydrogen (secondary N) is 1. The minimum Gasteiger partial charge on any atom is -0.383 e. The van der Waals surface area contributed by atoms with Crippen molar-refractivity contribution in [2.45, 2.75) is 6.18 Å². The van der Waals surface area contributed by atoms with Gasteiger partial charge >= 0.3 is 11.9 Å². The van der Waals surface area contributed by atoms with Crippen molar-refractivity contribution >= 4 is 11.5 Å². The molecule has 0 aliphatic carbocycles. The van der Waals surface area contributed by atoms with Gasteiger partial charge in [0.15, 0.2) is 0 Å². The minimum absolute atomic E-state index is 0.0740. The second kappa shape index (κ2) is 9.68. The van der Waals surface area contributed by atoms with Crippen molar-refractivity contribution in [1.82, 2.24) is 24.4 Å². The Morgan fingerprint density at radius 2 is 1.84 bits per heavy atom.